The summed E-state index contributed by atoms with van der Waals surface area (Å²) < 4.78 is 7.87. The molecule has 14 aromatic carbocycles. The molecule has 0 saturated carbocycles. The smallest absolute Gasteiger partial charge is 0.0725 e. The van der Waals surface area contributed by atoms with Crippen molar-refractivity contribution >= 4 is 76.8 Å². The summed E-state index contributed by atoms with van der Waals surface area (Å²) in [7, 11) is 0. The molecule has 22 rings (SSSR count). The Hall–Kier alpha value is -10.9. The van der Waals surface area contributed by atoms with Crippen LogP contribution in [0.15, 0.2) is 328 Å². The van der Waals surface area contributed by atoms with E-state index in [-0.39, 0.29) is 21.0 Å². The predicted molar refractivity (Wildman–Crippen MR) is 413 cm³/mol. The molecule has 5 atom stereocenters. The summed E-state index contributed by atoms with van der Waals surface area (Å²) in [5.41, 5.74) is 36.1. The molecule has 5 aliphatic rings. The van der Waals surface area contributed by atoms with Gasteiger partial charge in [-0.3, -0.25) is 0 Å². The van der Waals surface area contributed by atoms with E-state index in [2.05, 4.69) is 360 Å². The lowest BCUT2D eigenvalue weighted by Crippen LogP contribution is -2.28. The van der Waals surface area contributed by atoms with Crippen LogP contribution in [0.1, 0.15) is 88.0 Å². The molecule has 4 aliphatic heterocycles. The average Bonchev–Trinajstić information content (AvgIpc) is 1.53. The second kappa shape index (κ2) is 21.0. The van der Waals surface area contributed by atoms with Crippen molar-refractivity contribution in [3.05, 3.63) is 395 Å². The zero-order chi connectivity index (χ0) is 63.9. The Morgan fingerprint density at radius 3 is 1.64 bits per heavy atom. The van der Waals surface area contributed by atoms with Crippen molar-refractivity contribution in [3.8, 4) is 78.1 Å². The molecule has 1 aliphatic carbocycles. The Labute approximate surface area is 580 Å². The van der Waals surface area contributed by atoms with Crippen LogP contribution in [0.25, 0.3) is 120 Å². The van der Waals surface area contributed by atoms with Crippen molar-refractivity contribution in [2.24, 2.45) is 0 Å². The molecule has 458 valence electrons. The Morgan fingerprint density at radius 2 is 0.816 bits per heavy atom. The molecule has 5 heteroatoms. The first-order valence-corrected chi connectivity index (χ1v) is 36.8. The Morgan fingerprint density at radius 1 is 0.265 bits per heavy atom. The fraction of sp³-hybridized carbons (Fsp3) is 0.0538. The van der Waals surface area contributed by atoms with Crippen molar-refractivity contribution in [1.29, 1.82) is 0 Å². The van der Waals surface area contributed by atoms with Crippen LogP contribution in [0, 0.1) is 0 Å². The summed E-state index contributed by atoms with van der Waals surface area (Å²) in [5.74, 6) is 0. The molecular formula is C93H58N2S3. The Balaban J connectivity index is 0.647. The van der Waals surface area contributed by atoms with Gasteiger partial charge in [-0.05, 0) is 172 Å². The first-order valence-electron chi connectivity index (χ1n) is 34.1. The van der Waals surface area contributed by atoms with Gasteiger partial charge in [0.15, 0.2) is 0 Å². The molecule has 98 heavy (non-hydrogen) atoms. The SMILES string of the molecule is c1ccc(-c2ccc(-n3c4c(c5ccccc53)C3SC4c4c(-c5cccc(C6(c7ccccc7)c7ccccc7-c7cc(-c8ccc9c(c8)C8SC9c9c8n(-c8ccccc8-c8ccccc8-c8ccc%10sc%11ccccc%11c%10c8)c8ccccc98)ccc76)c5)cccc43)cc2)cc1. The van der Waals surface area contributed by atoms with Gasteiger partial charge < -0.3 is 9.13 Å². The molecule has 0 N–H and O–H groups in total. The number of nitrogens with zero attached hydrogens (tertiary/aromatic N) is 2. The predicted octanol–water partition coefficient (Wildman–Crippen LogP) is 25.1. The molecule has 17 aromatic rings. The van der Waals surface area contributed by atoms with E-state index in [0.29, 0.717) is 0 Å². The van der Waals surface area contributed by atoms with Gasteiger partial charge in [0.05, 0.1) is 43.1 Å². The highest BCUT2D eigenvalue weighted by atomic mass is 32.2. The lowest BCUT2D eigenvalue weighted by Gasteiger charge is -2.34. The molecule has 0 amide bonds. The zero-order valence-electron chi connectivity index (χ0n) is 53.1. The van der Waals surface area contributed by atoms with Gasteiger partial charge in [0, 0.05) is 64.7 Å². The standard InChI is InChI=1S/C93H58N2S3/c1-3-21-55(22-4-1)56-41-46-63(47-42-56)94-80-38-16-11-32-71(80)86-88(94)92-84-65(34-20-35-73(84)90(86)98-92)59-23-19-26-62(51-59)93(61-24-5-2-6-25-61)77-36-14-9-29-67(77)74-52-58(44-49-78(74)93)57-43-48-70-76(53-57)91-87-85(89(70)97-91)72-33-12-17-39-81(72)95(87)79-37-15-10-30-68(79)66-28-8-7-27-64(66)60-45-50-83-75(54-60)69-31-13-18-40-82(69)96-83/h1-54,89-92H. The van der Waals surface area contributed by atoms with E-state index < -0.39 is 5.41 Å². The number of rotatable bonds is 9. The van der Waals surface area contributed by atoms with E-state index in [9.17, 15) is 0 Å². The van der Waals surface area contributed by atoms with Crippen LogP contribution in [0.4, 0.5) is 0 Å². The van der Waals surface area contributed by atoms with E-state index >= 15 is 0 Å². The fourth-order valence-electron chi connectivity index (χ4n) is 18.2. The first kappa shape index (κ1) is 55.2. The molecule has 0 saturated heterocycles. The molecule has 0 fully saturated rings. The van der Waals surface area contributed by atoms with Crippen LogP contribution in [-0.2, 0) is 5.41 Å². The van der Waals surface area contributed by atoms with Crippen molar-refractivity contribution in [1.82, 2.24) is 9.13 Å². The third-order valence-electron chi connectivity index (χ3n) is 22.3. The van der Waals surface area contributed by atoms with E-state index in [1.807, 2.05) is 11.3 Å². The largest absolute Gasteiger partial charge is 0.312 e. The van der Waals surface area contributed by atoms with Crippen molar-refractivity contribution in [3.63, 3.8) is 0 Å². The fourth-order valence-corrected chi connectivity index (χ4v) is 22.8. The van der Waals surface area contributed by atoms with Crippen LogP contribution >= 0.6 is 34.9 Å². The first-order chi connectivity index (χ1) is 48.6. The quantitative estimate of drug-likeness (QED) is 0.143. The minimum Gasteiger partial charge on any atom is -0.312 e. The van der Waals surface area contributed by atoms with Gasteiger partial charge in [0.2, 0.25) is 0 Å². The number of aromatic nitrogens is 2. The Kier molecular flexibility index (Phi) is 11.9. The van der Waals surface area contributed by atoms with E-state index in [1.165, 1.54) is 187 Å². The summed E-state index contributed by atoms with van der Waals surface area (Å²) in [6, 6.07) is 124. The number of benzene rings is 14. The number of thioether (sulfide) groups is 2. The lowest BCUT2D eigenvalue weighted by atomic mass is 9.67. The van der Waals surface area contributed by atoms with Crippen LogP contribution < -0.4 is 0 Å². The minimum absolute atomic E-state index is 0.160. The average molecular weight is 1300 g/mol. The molecule has 0 spiro atoms. The summed E-state index contributed by atoms with van der Waals surface area (Å²) in [6.45, 7) is 0. The van der Waals surface area contributed by atoms with Crippen LogP contribution in [-0.4, -0.2) is 9.13 Å². The molecule has 3 aromatic heterocycles. The van der Waals surface area contributed by atoms with Gasteiger partial charge in [-0.1, -0.05) is 261 Å². The summed E-state index contributed by atoms with van der Waals surface area (Å²) in [5, 5.41) is 6.16. The summed E-state index contributed by atoms with van der Waals surface area (Å²) >= 11 is 6.11. The van der Waals surface area contributed by atoms with Crippen LogP contribution in [0.5, 0.6) is 0 Å². The van der Waals surface area contributed by atoms with Gasteiger partial charge in [0.1, 0.15) is 0 Å². The van der Waals surface area contributed by atoms with Gasteiger partial charge in [0.25, 0.3) is 0 Å². The van der Waals surface area contributed by atoms with E-state index in [0.717, 1.165) is 0 Å². The maximum Gasteiger partial charge on any atom is 0.0725 e. The molecular weight excluding hydrogens is 1240 g/mol. The van der Waals surface area contributed by atoms with Crippen molar-refractivity contribution in [2.75, 3.05) is 0 Å². The third-order valence-corrected chi connectivity index (χ3v) is 26.4. The molecule has 7 heterocycles. The maximum absolute atomic E-state index is 2.64. The molecule has 4 bridgehead atoms. The normalized spacial score (nSPS) is 18.0. The van der Waals surface area contributed by atoms with E-state index in [1.54, 1.807) is 0 Å². The third kappa shape index (κ3) is 7.67. The van der Waals surface area contributed by atoms with E-state index in [4.69, 9.17) is 0 Å². The van der Waals surface area contributed by atoms with Gasteiger partial charge in [-0.25, -0.2) is 0 Å². The number of thiophene rings is 1. The number of fused-ring (bicyclic) bond motifs is 26. The maximum atomic E-state index is 2.64. The number of hydrogen-bond donors (Lipinski definition) is 0. The Bertz CT molecular complexity index is 6230. The molecule has 5 unspecified atom stereocenters. The van der Waals surface area contributed by atoms with Crippen LogP contribution in [0.3, 0.4) is 0 Å². The second-order valence-corrected chi connectivity index (χ2v) is 30.5. The van der Waals surface area contributed by atoms with Crippen molar-refractivity contribution in [2.45, 2.75) is 26.4 Å². The second-order valence-electron chi connectivity index (χ2n) is 27.0. The molecule has 0 radical (unpaired) electrons. The number of hydrogen-bond acceptors (Lipinski definition) is 3. The van der Waals surface area contributed by atoms with Crippen molar-refractivity contribution < 1.29 is 0 Å². The highest BCUT2D eigenvalue weighted by Gasteiger charge is 2.50. The highest BCUT2D eigenvalue weighted by Crippen LogP contribution is 2.69. The van der Waals surface area contributed by atoms with Gasteiger partial charge in [-0.2, -0.15) is 0 Å². The topological polar surface area (TPSA) is 9.86 Å². The number of para-hydroxylation sites is 3. The van der Waals surface area contributed by atoms with Crippen LogP contribution in [0.2, 0.25) is 0 Å². The van der Waals surface area contributed by atoms with Gasteiger partial charge in [-0.15, -0.1) is 34.9 Å². The lowest BCUT2D eigenvalue weighted by molar-refractivity contribution is 0.769. The minimum atomic E-state index is -0.584. The summed E-state index contributed by atoms with van der Waals surface area (Å²) in [4.78, 5) is 0. The molecule has 2 nitrogen and oxygen atoms in total. The van der Waals surface area contributed by atoms with Gasteiger partial charge >= 0.3 is 0 Å². The zero-order valence-corrected chi connectivity index (χ0v) is 55.6. The monoisotopic (exact) mass is 1300 g/mol. The summed E-state index contributed by atoms with van der Waals surface area (Å²) in [6.07, 6.45) is 0. The highest BCUT2D eigenvalue weighted by molar-refractivity contribution is 8.01.